The maximum absolute atomic E-state index is 13.0. The van der Waals surface area contributed by atoms with E-state index in [-0.39, 0.29) is 30.8 Å². The van der Waals surface area contributed by atoms with Crippen LogP contribution in [0.3, 0.4) is 0 Å². The van der Waals surface area contributed by atoms with Crippen LogP contribution in [0, 0.1) is 5.82 Å². The van der Waals surface area contributed by atoms with Gasteiger partial charge in [0.1, 0.15) is 5.82 Å². The number of amides is 1. The molecule has 1 heterocycles. The molecule has 0 spiro atoms. The molecule has 0 saturated carbocycles. The highest BCUT2D eigenvalue weighted by Crippen LogP contribution is 2.12. The largest absolute Gasteiger partial charge is 0.394 e. The van der Waals surface area contributed by atoms with E-state index in [0.29, 0.717) is 12.2 Å². The molecule has 0 aliphatic rings. The van der Waals surface area contributed by atoms with Crippen LogP contribution in [-0.2, 0) is 11.3 Å². The van der Waals surface area contributed by atoms with E-state index in [0.717, 1.165) is 5.69 Å². The summed E-state index contributed by atoms with van der Waals surface area (Å²) in [6.07, 6.45) is 3.63. The van der Waals surface area contributed by atoms with Gasteiger partial charge in [-0.05, 0) is 25.1 Å². The molecule has 1 unspecified atom stereocenters. The predicted molar refractivity (Wildman–Crippen MR) is 82.0 cm³/mol. The van der Waals surface area contributed by atoms with Crippen molar-refractivity contribution in [1.29, 1.82) is 0 Å². The number of hydrogen-bond acceptors (Lipinski definition) is 4. The summed E-state index contributed by atoms with van der Waals surface area (Å²) < 4.78 is 14.7. The lowest BCUT2D eigenvalue weighted by Gasteiger charge is -2.13. The van der Waals surface area contributed by atoms with Crippen molar-refractivity contribution in [2.45, 2.75) is 25.9 Å². The first-order valence-corrected chi connectivity index (χ1v) is 7.02. The van der Waals surface area contributed by atoms with Gasteiger partial charge in [-0.25, -0.2) is 4.39 Å². The predicted octanol–water partition coefficient (Wildman–Crippen LogP) is 1.84. The van der Waals surface area contributed by atoms with Gasteiger partial charge < -0.3 is 15.7 Å². The van der Waals surface area contributed by atoms with E-state index in [4.69, 9.17) is 5.11 Å². The number of nitrogens with zero attached hydrogens (tertiary/aromatic N) is 2. The van der Waals surface area contributed by atoms with Crippen molar-refractivity contribution in [1.82, 2.24) is 9.78 Å². The molecule has 22 heavy (non-hydrogen) atoms. The molecular formula is C15H19FN4O2. The minimum Gasteiger partial charge on any atom is -0.394 e. The summed E-state index contributed by atoms with van der Waals surface area (Å²) in [5.74, 6) is -0.589. The van der Waals surface area contributed by atoms with Gasteiger partial charge in [-0.2, -0.15) is 5.10 Å². The maximum Gasteiger partial charge on any atom is 0.226 e. The fraction of sp³-hybridized carbons (Fsp3) is 0.333. The number of aliphatic hydroxyl groups excluding tert-OH is 1. The highest BCUT2D eigenvalue weighted by atomic mass is 19.1. The average Bonchev–Trinajstić information content (AvgIpc) is 2.86. The molecule has 0 aliphatic carbocycles. The van der Waals surface area contributed by atoms with Crippen molar-refractivity contribution in [2.75, 3.05) is 17.2 Å². The number of rotatable bonds is 7. The number of halogens is 1. The Morgan fingerprint density at radius 2 is 2.27 bits per heavy atom. The fourth-order valence-corrected chi connectivity index (χ4v) is 2.05. The summed E-state index contributed by atoms with van der Waals surface area (Å²) in [6.45, 7) is 2.32. The molecular weight excluding hydrogens is 287 g/mol. The molecule has 0 bridgehead atoms. The van der Waals surface area contributed by atoms with Crippen LogP contribution in [0.25, 0.3) is 0 Å². The monoisotopic (exact) mass is 306 g/mol. The van der Waals surface area contributed by atoms with Crippen LogP contribution in [0.1, 0.15) is 13.3 Å². The molecule has 1 aromatic carbocycles. The first kappa shape index (κ1) is 16.0. The van der Waals surface area contributed by atoms with Crippen LogP contribution < -0.4 is 10.6 Å². The number of aliphatic hydroxyl groups is 1. The summed E-state index contributed by atoms with van der Waals surface area (Å²) in [5.41, 5.74) is 1.22. The quantitative estimate of drug-likeness (QED) is 0.729. The summed E-state index contributed by atoms with van der Waals surface area (Å²) in [4.78, 5) is 11.9. The molecule has 2 aromatic rings. The Morgan fingerprint density at radius 1 is 1.45 bits per heavy atom. The Balaban J connectivity index is 1.82. The first-order chi connectivity index (χ1) is 10.6. The summed E-state index contributed by atoms with van der Waals surface area (Å²) in [6, 6.07) is 5.67. The van der Waals surface area contributed by atoms with E-state index in [1.165, 1.54) is 12.1 Å². The lowest BCUT2D eigenvalue weighted by Crippen LogP contribution is -2.23. The number of aromatic nitrogens is 2. The van der Waals surface area contributed by atoms with Gasteiger partial charge in [-0.1, -0.05) is 6.07 Å². The number of nitrogens with one attached hydrogen (secondary N) is 2. The highest BCUT2D eigenvalue weighted by Gasteiger charge is 2.10. The zero-order valence-corrected chi connectivity index (χ0v) is 12.3. The lowest BCUT2D eigenvalue weighted by atomic mass is 10.2. The van der Waals surface area contributed by atoms with E-state index in [9.17, 15) is 9.18 Å². The van der Waals surface area contributed by atoms with Gasteiger partial charge in [0.2, 0.25) is 5.91 Å². The van der Waals surface area contributed by atoms with Crippen LogP contribution in [0.15, 0.2) is 36.7 Å². The molecule has 0 fully saturated rings. The Morgan fingerprint density at radius 3 is 3.00 bits per heavy atom. The van der Waals surface area contributed by atoms with Crippen molar-refractivity contribution in [3.05, 3.63) is 42.5 Å². The molecule has 1 aromatic heterocycles. The molecule has 7 heteroatoms. The Bertz CT molecular complexity index is 630. The molecule has 118 valence electrons. The second kappa shape index (κ2) is 7.56. The van der Waals surface area contributed by atoms with Crippen LogP contribution >= 0.6 is 0 Å². The molecule has 0 saturated heterocycles. The number of anilines is 2. The second-order valence-corrected chi connectivity index (χ2v) is 5.02. The van der Waals surface area contributed by atoms with Gasteiger partial charge in [-0.15, -0.1) is 0 Å². The van der Waals surface area contributed by atoms with Crippen LogP contribution in [-0.4, -0.2) is 33.4 Å². The standard InChI is InChI=1S/C15H19FN4O2/c1-11(18-14-9-17-20(10-14)5-6-21)7-15(22)19-13-4-2-3-12(16)8-13/h2-4,8-11,18,21H,5-7H2,1H3,(H,19,22). The van der Waals surface area contributed by atoms with Crippen LogP contribution in [0.4, 0.5) is 15.8 Å². The summed E-state index contributed by atoms with van der Waals surface area (Å²) >= 11 is 0. The molecule has 0 radical (unpaired) electrons. The SMILES string of the molecule is CC(CC(=O)Nc1cccc(F)c1)Nc1cnn(CCO)c1. The van der Waals surface area contributed by atoms with Crippen molar-refractivity contribution in [3.8, 4) is 0 Å². The van der Waals surface area contributed by atoms with Crippen LogP contribution in [0.2, 0.25) is 0 Å². The van der Waals surface area contributed by atoms with Crippen molar-refractivity contribution < 1.29 is 14.3 Å². The number of hydrogen-bond donors (Lipinski definition) is 3. The molecule has 3 N–H and O–H groups in total. The van der Waals surface area contributed by atoms with Gasteiger partial charge in [0.15, 0.2) is 0 Å². The molecule has 2 rings (SSSR count). The second-order valence-electron chi connectivity index (χ2n) is 5.02. The molecule has 1 atom stereocenters. The van der Waals surface area contributed by atoms with Gasteiger partial charge in [0.05, 0.1) is 25.0 Å². The van der Waals surface area contributed by atoms with Gasteiger partial charge in [-0.3, -0.25) is 9.48 Å². The topological polar surface area (TPSA) is 79.2 Å². The summed E-state index contributed by atoms with van der Waals surface area (Å²) in [7, 11) is 0. The third-order valence-electron chi connectivity index (χ3n) is 2.98. The third-order valence-corrected chi connectivity index (χ3v) is 2.98. The van der Waals surface area contributed by atoms with Crippen molar-refractivity contribution in [3.63, 3.8) is 0 Å². The first-order valence-electron chi connectivity index (χ1n) is 7.02. The zero-order chi connectivity index (χ0) is 15.9. The molecule has 6 nitrogen and oxygen atoms in total. The van der Waals surface area contributed by atoms with E-state index >= 15 is 0 Å². The normalized spacial score (nSPS) is 12.0. The molecule has 0 aliphatic heterocycles. The Labute approximate surface area is 128 Å². The average molecular weight is 306 g/mol. The van der Waals surface area contributed by atoms with Crippen molar-refractivity contribution in [2.24, 2.45) is 0 Å². The van der Waals surface area contributed by atoms with E-state index in [1.54, 1.807) is 29.2 Å². The smallest absolute Gasteiger partial charge is 0.226 e. The molecule has 1 amide bonds. The highest BCUT2D eigenvalue weighted by molar-refractivity contribution is 5.91. The minimum absolute atomic E-state index is 0.0206. The number of carbonyl (C=O) groups excluding carboxylic acids is 1. The third kappa shape index (κ3) is 4.85. The lowest BCUT2D eigenvalue weighted by molar-refractivity contribution is -0.116. The van der Waals surface area contributed by atoms with Crippen LogP contribution in [0.5, 0.6) is 0 Å². The Hall–Kier alpha value is -2.41. The van der Waals surface area contributed by atoms with E-state index in [1.807, 2.05) is 6.92 Å². The number of carbonyl (C=O) groups is 1. The minimum atomic E-state index is -0.389. The van der Waals surface area contributed by atoms with Gasteiger partial charge in [0, 0.05) is 24.3 Å². The Kier molecular flexibility index (Phi) is 5.48. The van der Waals surface area contributed by atoms with Gasteiger partial charge in [0.25, 0.3) is 0 Å². The van der Waals surface area contributed by atoms with Crippen molar-refractivity contribution >= 4 is 17.3 Å². The zero-order valence-electron chi connectivity index (χ0n) is 12.3. The maximum atomic E-state index is 13.0. The van der Waals surface area contributed by atoms with E-state index in [2.05, 4.69) is 15.7 Å². The van der Waals surface area contributed by atoms with Gasteiger partial charge >= 0.3 is 0 Å². The summed E-state index contributed by atoms with van der Waals surface area (Å²) in [5, 5.41) is 18.7. The van der Waals surface area contributed by atoms with E-state index < -0.39 is 0 Å². The fourth-order valence-electron chi connectivity index (χ4n) is 2.05. The number of benzene rings is 1.